The first-order valence-electron chi connectivity index (χ1n) is 8.79. The number of hydrogen-bond acceptors (Lipinski definition) is 3. The summed E-state index contributed by atoms with van der Waals surface area (Å²) >= 11 is 5.62. The molecule has 1 heterocycles. The number of benzene rings is 2. The Morgan fingerprint density at radius 3 is 2.40 bits per heavy atom. The maximum Gasteiger partial charge on any atom is 0.418 e. The second-order valence-electron chi connectivity index (χ2n) is 7.05. The molecule has 4 amide bonds. The van der Waals surface area contributed by atoms with Gasteiger partial charge in [0.05, 0.1) is 11.3 Å². The fourth-order valence-corrected chi connectivity index (χ4v) is 3.29. The molecule has 1 atom stereocenters. The van der Waals surface area contributed by atoms with Crippen molar-refractivity contribution in [2.24, 2.45) is 0 Å². The second-order valence-corrected chi connectivity index (χ2v) is 7.48. The number of nitrogens with one attached hydrogen (secondary N) is 2. The predicted molar refractivity (Wildman–Crippen MR) is 104 cm³/mol. The van der Waals surface area contributed by atoms with Crippen molar-refractivity contribution in [1.82, 2.24) is 10.2 Å². The van der Waals surface area contributed by atoms with Crippen LogP contribution in [0, 0.1) is 6.92 Å². The molecule has 2 N–H and O–H groups in total. The maximum atomic E-state index is 13.2. The monoisotopic (exact) mass is 439 g/mol. The third kappa shape index (κ3) is 4.11. The highest BCUT2D eigenvalue weighted by molar-refractivity contribution is 6.30. The SMILES string of the molecule is Cc1ccc([C@]2(C)NC(=O)N(CC(=O)Nc3ccc(Cl)cc3C(F)(F)F)C2=O)cc1. The van der Waals surface area contributed by atoms with Crippen LogP contribution in [0.4, 0.5) is 23.7 Å². The van der Waals surface area contributed by atoms with Crippen LogP contribution in [0.25, 0.3) is 0 Å². The van der Waals surface area contributed by atoms with E-state index in [9.17, 15) is 27.6 Å². The van der Waals surface area contributed by atoms with Crippen LogP contribution in [0.15, 0.2) is 42.5 Å². The third-order valence-corrected chi connectivity index (χ3v) is 5.00. The molecule has 30 heavy (non-hydrogen) atoms. The zero-order valence-electron chi connectivity index (χ0n) is 15.9. The number of hydrogen-bond donors (Lipinski definition) is 2. The van der Waals surface area contributed by atoms with Crippen LogP contribution in [0.3, 0.4) is 0 Å². The number of rotatable bonds is 4. The number of amides is 4. The normalized spacial score (nSPS) is 19.1. The van der Waals surface area contributed by atoms with E-state index >= 15 is 0 Å². The lowest BCUT2D eigenvalue weighted by Crippen LogP contribution is -2.42. The highest BCUT2D eigenvalue weighted by Gasteiger charge is 2.49. The van der Waals surface area contributed by atoms with Crippen LogP contribution < -0.4 is 10.6 Å². The Hall–Kier alpha value is -3.07. The Labute approximate surface area is 175 Å². The molecule has 3 rings (SSSR count). The van der Waals surface area contributed by atoms with Crippen molar-refractivity contribution in [3.05, 3.63) is 64.2 Å². The van der Waals surface area contributed by atoms with E-state index in [0.29, 0.717) is 16.5 Å². The molecule has 0 radical (unpaired) electrons. The molecule has 6 nitrogen and oxygen atoms in total. The molecule has 0 aromatic heterocycles. The predicted octanol–water partition coefficient (Wildman–Crippen LogP) is 4.07. The van der Waals surface area contributed by atoms with Gasteiger partial charge in [0.15, 0.2) is 0 Å². The van der Waals surface area contributed by atoms with Crippen LogP contribution in [-0.4, -0.2) is 29.3 Å². The van der Waals surface area contributed by atoms with Crippen LogP contribution in [-0.2, 0) is 21.3 Å². The summed E-state index contributed by atoms with van der Waals surface area (Å²) in [6.45, 7) is 2.62. The number of imide groups is 1. The van der Waals surface area contributed by atoms with E-state index in [4.69, 9.17) is 11.6 Å². The van der Waals surface area contributed by atoms with E-state index in [1.165, 1.54) is 13.0 Å². The second kappa shape index (κ2) is 7.64. The molecule has 1 aliphatic heterocycles. The Kier molecular flexibility index (Phi) is 5.51. The molecule has 2 aromatic carbocycles. The zero-order valence-corrected chi connectivity index (χ0v) is 16.7. The van der Waals surface area contributed by atoms with Crippen LogP contribution in [0.2, 0.25) is 5.02 Å². The quantitative estimate of drug-likeness (QED) is 0.705. The lowest BCUT2D eigenvalue weighted by molar-refractivity contribution is -0.137. The van der Waals surface area contributed by atoms with Gasteiger partial charge in [-0.3, -0.25) is 14.5 Å². The third-order valence-electron chi connectivity index (χ3n) is 4.77. The van der Waals surface area contributed by atoms with Crippen molar-refractivity contribution in [2.75, 3.05) is 11.9 Å². The average Bonchev–Trinajstić information content (AvgIpc) is 2.87. The van der Waals surface area contributed by atoms with Crippen molar-refractivity contribution in [1.29, 1.82) is 0 Å². The van der Waals surface area contributed by atoms with Gasteiger partial charge in [-0.15, -0.1) is 0 Å². The van der Waals surface area contributed by atoms with Crippen LogP contribution in [0.1, 0.15) is 23.6 Å². The summed E-state index contributed by atoms with van der Waals surface area (Å²) in [6, 6.07) is 8.97. The lowest BCUT2D eigenvalue weighted by Gasteiger charge is -2.22. The molecule has 10 heteroatoms. The first-order chi connectivity index (χ1) is 13.9. The van der Waals surface area contributed by atoms with Gasteiger partial charge in [-0.25, -0.2) is 4.79 Å². The van der Waals surface area contributed by atoms with Gasteiger partial charge in [0.1, 0.15) is 12.1 Å². The summed E-state index contributed by atoms with van der Waals surface area (Å²) in [5.41, 5.74) is -1.57. The van der Waals surface area contributed by atoms with E-state index in [0.717, 1.165) is 11.6 Å². The molecule has 0 aliphatic carbocycles. The topological polar surface area (TPSA) is 78.5 Å². The molecular weight excluding hydrogens is 423 g/mol. The summed E-state index contributed by atoms with van der Waals surface area (Å²) < 4.78 is 39.6. The number of halogens is 4. The number of anilines is 1. The fraction of sp³-hybridized carbons (Fsp3) is 0.250. The number of nitrogens with zero attached hydrogens (tertiary/aromatic N) is 1. The van der Waals surface area contributed by atoms with E-state index in [-0.39, 0.29) is 5.02 Å². The molecule has 0 saturated carbocycles. The number of urea groups is 1. The summed E-state index contributed by atoms with van der Waals surface area (Å²) in [7, 11) is 0. The van der Waals surface area contributed by atoms with E-state index in [1.54, 1.807) is 24.3 Å². The van der Waals surface area contributed by atoms with Gasteiger partial charge in [0.2, 0.25) is 5.91 Å². The number of carbonyl (C=O) groups excluding carboxylic acids is 3. The van der Waals surface area contributed by atoms with Crippen LogP contribution in [0.5, 0.6) is 0 Å². The first kappa shape index (κ1) is 21.6. The Morgan fingerprint density at radius 1 is 1.17 bits per heavy atom. The molecule has 2 aromatic rings. The van der Waals surface area contributed by atoms with Crippen LogP contribution >= 0.6 is 11.6 Å². The van der Waals surface area contributed by atoms with E-state index < -0.39 is 47.4 Å². The van der Waals surface area contributed by atoms with Gasteiger partial charge in [0, 0.05) is 5.02 Å². The Bertz CT molecular complexity index is 1020. The average molecular weight is 440 g/mol. The standard InChI is InChI=1S/C20H17ClF3N3O3/c1-11-3-5-12(6-4-11)19(2)17(29)27(18(30)26-19)10-16(28)25-15-8-7-13(21)9-14(15)20(22,23)24/h3-9H,10H2,1-2H3,(H,25,28)(H,26,30)/t19-/m0/s1. The highest BCUT2D eigenvalue weighted by atomic mass is 35.5. The lowest BCUT2D eigenvalue weighted by atomic mass is 9.91. The fourth-order valence-electron chi connectivity index (χ4n) is 3.12. The minimum atomic E-state index is -4.75. The molecule has 158 valence electrons. The number of carbonyl (C=O) groups is 3. The summed E-state index contributed by atoms with van der Waals surface area (Å²) in [5, 5.41) is 4.48. The van der Waals surface area contributed by atoms with Gasteiger partial charge in [-0.2, -0.15) is 13.2 Å². The largest absolute Gasteiger partial charge is 0.418 e. The number of aryl methyl sites for hydroxylation is 1. The van der Waals surface area contributed by atoms with Gasteiger partial charge >= 0.3 is 12.2 Å². The number of alkyl halides is 3. The molecular formula is C20H17ClF3N3O3. The van der Waals surface area contributed by atoms with Crippen molar-refractivity contribution >= 4 is 35.1 Å². The first-order valence-corrected chi connectivity index (χ1v) is 9.17. The van der Waals surface area contributed by atoms with Crippen molar-refractivity contribution < 1.29 is 27.6 Å². The zero-order chi connectivity index (χ0) is 22.3. The minimum absolute atomic E-state index is 0.150. The molecule has 1 aliphatic rings. The summed E-state index contributed by atoms with van der Waals surface area (Å²) in [5.74, 6) is -1.64. The molecule has 1 fully saturated rings. The van der Waals surface area contributed by atoms with Gasteiger partial charge in [-0.1, -0.05) is 41.4 Å². The van der Waals surface area contributed by atoms with Crippen molar-refractivity contribution in [2.45, 2.75) is 25.6 Å². The summed E-state index contributed by atoms with van der Waals surface area (Å²) in [4.78, 5) is 38.2. The molecule has 1 saturated heterocycles. The molecule has 0 spiro atoms. The maximum absolute atomic E-state index is 13.2. The van der Waals surface area contributed by atoms with Gasteiger partial charge in [-0.05, 0) is 37.6 Å². The smallest absolute Gasteiger partial charge is 0.324 e. The van der Waals surface area contributed by atoms with E-state index in [1.807, 2.05) is 6.92 Å². The summed E-state index contributed by atoms with van der Waals surface area (Å²) in [6.07, 6.45) is -4.75. The van der Waals surface area contributed by atoms with Gasteiger partial charge in [0.25, 0.3) is 5.91 Å². The Morgan fingerprint density at radius 2 is 1.80 bits per heavy atom. The molecule has 0 bridgehead atoms. The van der Waals surface area contributed by atoms with E-state index in [2.05, 4.69) is 10.6 Å². The Balaban J connectivity index is 1.79. The van der Waals surface area contributed by atoms with Gasteiger partial charge < -0.3 is 10.6 Å². The minimum Gasteiger partial charge on any atom is -0.324 e. The highest BCUT2D eigenvalue weighted by Crippen LogP contribution is 2.36. The van der Waals surface area contributed by atoms with Crippen molar-refractivity contribution in [3.8, 4) is 0 Å². The molecule has 0 unspecified atom stereocenters. The van der Waals surface area contributed by atoms with Crippen molar-refractivity contribution in [3.63, 3.8) is 0 Å².